The van der Waals surface area contributed by atoms with Crippen LogP contribution in [0, 0.1) is 0 Å². The number of nitrogens with zero attached hydrogens (tertiary/aromatic N) is 3. The normalized spacial score (nSPS) is 12.7. The van der Waals surface area contributed by atoms with Crippen LogP contribution in [0.1, 0.15) is 18.9 Å². The highest BCUT2D eigenvalue weighted by molar-refractivity contribution is 5.50. The number of rotatable bonds is 2. The van der Waals surface area contributed by atoms with Crippen molar-refractivity contribution in [1.29, 1.82) is 0 Å². The SMILES string of the molecule is CC(O)c1nnc(-c2ccncc2)o1. The van der Waals surface area contributed by atoms with Crippen molar-refractivity contribution in [3.05, 3.63) is 30.4 Å². The Morgan fingerprint density at radius 3 is 2.57 bits per heavy atom. The van der Waals surface area contributed by atoms with Gasteiger partial charge in [0.05, 0.1) is 0 Å². The lowest BCUT2D eigenvalue weighted by Gasteiger charge is -1.94. The quantitative estimate of drug-likeness (QED) is 0.771. The van der Waals surface area contributed by atoms with Crippen molar-refractivity contribution < 1.29 is 9.52 Å². The van der Waals surface area contributed by atoms with Gasteiger partial charge in [0.2, 0.25) is 11.8 Å². The molecule has 2 aromatic heterocycles. The summed E-state index contributed by atoms with van der Waals surface area (Å²) in [6.45, 7) is 1.57. The highest BCUT2D eigenvalue weighted by Gasteiger charge is 2.11. The first-order valence-corrected chi connectivity index (χ1v) is 4.19. The lowest BCUT2D eigenvalue weighted by molar-refractivity contribution is 0.163. The molecular formula is C9H9N3O2. The molecule has 0 amide bonds. The van der Waals surface area contributed by atoms with Crippen LogP contribution in [0.2, 0.25) is 0 Å². The summed E-state index contributed by atoms with van der Waals surface area (Å²) in [5.41, 5.74) is 0.791. The van der Waals surface area contributed by atoms with E-state index in [9.17, 15) is 5.11 Å². The van der Waals surface area contributed by atoms with Gasteiger partial charge in [0.1, 0.15) is 6.10 Å². The van der Waals surface area contributed by atoms with Crippen molar-refractivity contribution in [3.8, 4) is 11.5 Å². The van der Waals surface area contributed by atoms with Crippen LogP contribution in [0.4, 0.5) is 0 Å². The molecule has 5 nitrogen and oxygen atoms in total. The van der Waals surface area contributed by atoms with E-state index in [2.05, 4.69) is 15.2 Å². The maximum Gasteiger partial charge on any atom is 0.248 e. The average Bonchev–Trinajstić information content (AvgIpc) is 2.68. The second kappa shape index (κ2) is 3.55. The summed E-state index contributed by atoms with van der Waals surface area (Å²) in [6, 6.07) is 3.53. The minimum atomic E-state index is -0.738. The minimum absolute atomic E-state index is 0.219. The van der Waals surface area contributed by atoms with Crippen LogP contribution in [0.5, 0.6) is 0 Å². The van der Waals surface area contributed by atoms with Crippen LogP contribution in [0.25, 0.3) is 11.5 Å². The van der Waals surface area contributed by atoms with E-state index in [1.54, 1.807) is 31.5 Å². The van der Waals surface area contributed by atoms with Gasteiger partial charge in [0, 0.05) is 18.0 Å². The predicted molar refractivity (Wildman–Crippen MR) is 48.2 cm³/mol. The highest BCUT2D eigenvalue weighted by atomic mass is 16.4. The largest absolute Gasteiger partial charge is 0.418 e. The topological polar surface area (TPSA) is 72.0 Å². The number of hydrogen-bond acceptors (Lipinski definition) is 5. The smallest absolute Gasteiger partial charge is 0.248 e. The van der Waals surface area contributed by atoms with E-state index in [0.717, 1.165) is 5.56 Å². The zero-order valence-corrected chi connectivity index (χ0v) is 7.58. The van der Waals surface area contributed by atoms with E-state index in [1.165, 1.54) is 0 Å². The summed E-state index contributed by atoms with van der Waals surface area (Å²) >= 11 is 0. The molecule has 5 heteroatoms. The summed E-state index contributed by atoms with van der Waals surface area (Å²) < 4.78 is 5.23. The van der Waals surface area contributed by atoms with Gasteiger partial charge in [-0.1, -0.05) is 0 Å². The Labute approximate surface area is 80.4 Å². The Morgan fingerprint density at radius 2 is 2.00 bits per heavy atom. The van der Waals surface area contributed by atoms with Gasteiger partial charge in [-0.15, -0.1) is 10.2 Å². The van der Waals surface area contributed by atoms with Crippen LogP contribution in [-0.2, 0) is 0 Å². The molecule has 0 aromatic carbocycles. The van der Waals surface area contributed by atoms with Crippen molar-refractivity contribution in [1.82, 2.24) is 15.2 Å². The van der Waals surface area contributed by atoms with Crippen molar-refractivity contribution in [2.24, 2.45) is 0 Å². The van der Waals surface area contributed by atoms with Gasteiger partial charge in [-0.05, 0) is 19.1 Å². The fraction of sp³-hybridized carbons (Fsp3) is 0.222. The van der Waals surface area contributed by atoms with Crippen molar-refractivity contribution in [3.63, 3.8) is 0 Å². The molecule has 1 unspecified atom stereocenters. The molecular weight excluding hydrogens is 182 g/mol. The standard InChI is InChI=1S/C9H9N3O2/c1-6(13)8-11-12-9(14-8)7-2-4-10-5-3-7/h2-6,13H,1H3. The van der Waals surface area contributed by atoms with Gasteiger partial charge in [0.25, 0.3) is 0 Å². The van der Waals surface area contributed by atoms with E-state index < -0.39 is 6.10 Å². The molecule has 2 aromatic rings. The monoisotopic (exact) mass is 191 g/mol. The van der Waals surface area contributed by atoms with E-state index in [1.807, 2.05) is 0 Å². The molecule has 0 radical (unpaired) electrons. The second-order valence-electron chi connectivity index (χ2n) is 2.86. The Hall–Kier alpha value is -1.75. The molecule has 0 fully saturated rings. The van der Waals surface area contributed by atoms with Crippen LogP contribution in [0.15, 0.2) is 28.9 Å². The summed E-state index contributed by atoms with van der Waals surface area (Å²) in [5.74, 6) is 0.611. The summed E-state index contributed by atoms with van der Waals surface area (Å²) in [6.07, 6.45) is 2.54. The number of aromatic nitrogens is 3. The molecule has 0 saturated carbocycles. The third kappa shape index (κ3) is 1.62. The molecule has 1 N–H and O–H groups in total. The summed E-state index contributed by atoms with van der Waals surface area (Å²) in [4.78, 5) is 3.87. The van der Waals surface area contributed by atoms with Gasteiger partial charge >= 0.3 is 0 Å². The third-order valence-corrected chi connectivity index (χ3v) is 1.73. The number of hydrogen-bond donors (Lipinski definition) is 1. The summed E-state index contributed by atoms with van der Waals surface area (Å²) in [5, 5.41) is 16.7. The average molecular weight is 191 g/mol. The first kappa shape index (κ1) is 8.83. The lowest BCUT2D eigenvalue weighted by Crippen LogP contribution is -1.89. The van der Waals surface area contributed by atoms with E-state index in [0.29, 0.717) is 5.89 Å². The van der Waals surface area contributed by atoms with Crippen LogP contribution in [0.3, 0.4) is 0 Å². The number of pyridine rings is 1. The Balaban J connectivity index is 2.34. The van der Waals surface area contributed by atoms with Crippen molar-refractivity contribution in [2.75, 3.05) is 0 Å². The van der Waals surface area contributed by atoms with E-state index >= 15 is 0 Å². The van der Waals surface area contributed by atoms with Crippen molar-refractivity contribution in [2.45, 2.75) is 13.0 Å². The zero-order valence-electron chi connectivity index (χ0n) is 7.58. The first-order chi connectivity index (χ1) is 6.77. The molecule has 0 saturated heterocycles. The summed E-state index contributed by atoms with van der Waals surface area (Å²) in [7, 11) is 0. The minimum Gasteiger partial charge on any atom is -0.418 e. The molecule has 0 bridgehead atoms. The zero-order chi connectivity index (χ0) is 9.97. The Bertz CT molecular complexity index is 411. The molecule has 14 heavy (non-hydrogen) atoms. The first-order valence-electron chi connectivity index (χ1n) is 4.19. The number of aliphatic hydroxyl groups excluding tert-OH is 1. The predicted octanol–water partition coefficient (Wildman–Crippen LogP) is 1.18. The van der Waals surface area contributed by atoms with E-state index in [4.69, 9.17) is 4.42 Å². The number of aliphatic hydroxyl groups is 1. The van der Waals surface area contributed by atoms with Crippen LogP contribution >= 0.6 is 0 Å². The van der Waals surface area contributed by atoms with Crippen LogP contribution < -0.4 is 0 Å². The molecule has 0 aliphatic rings. The maximum atomic E-state index is 9.18. The lowest BCUT2D eigenvalue weighted by atomic mass is 10.3. The van der Waals surface area contributed by atoms with Gasteiger partial charge < -0.3 is 9.52 Å². The van der Waals surface area contributed by atoms with Gasteiger partial charge in [0.15, 0.2) is 0 Å². The fourth-order valence-electron chi connectivity index (χ4n) is 1.01. The van der Waals surface area contributed by atoms with Gasteiger partial charge in [-0.2, -0.15) is 0 Å². The molecule has 0 spiro atoms. The molecule has 1 atom stereocenters. The molecule has 2 rings (SSSR count). The Kier molecular flexibility index (Phi) is 2.24. The third-order valence-electron chi connectivity index (χ3n) is 1.73. The van der Waals surface area contributed by atoms with Crippen molar-refractivity contribution >= 4 is 0 Å². The molecule has 0 aliphatic heterocycles. The van der Waals surface area contributed by atoms with Crippen LogP contribution in [-0.4, -0.2) is 20.3 Å². The van der Waals surface area contributed by atoms with E-state index in [-0.39, 0.29) is 5.89 Å². The second-order valence-corrected chi connectivity index (χ2v) is 2.86. The maximum absolute atomic E-state index is 9.18. The molecule has 72 valence electrons. The van der Waals surface area contributed by atoms with Gasteiger partial charge in [-0.25, -0.2) is 0 Å². The highest BCUT2D eigenvalue weighted by Crippen LogP contribution is 2.19. The Morgan fingerprint density at radius 1 is 1.29 bits per heavy atom. The van der Waals surface area contributed by atoms with Gasteiger partial charge in [-0.3, -0.25) is 4.98 Å². The fourth-order valence-corrected chi connectivity index (χ4v) is 1.01. The molecule has 2 heterocycles. The molecule has 0 aliphatic carbocycles.